The van der Waals surface area contributed by atoms with Crippen LogP contribution < -0.4 is 43.7 Å². The largest absolute Gasteiger partial charge is 0.480 e. The number of carbonyl (C=O) groups excluding carboxylic acids is 5. The molecule has 1 aliphatic carbocycles. The maximum absolute atomic E-state index is 13.4. The summed E-state index contributed by atoms with van der Waals surface area (Å²) >= 11 is 0.728. The van der Waals surface area contributed by atoms with Crippen LogP contribution in [0.2, 0.25) is 0 Å². The Kier molecular flexibility index (Phi) is 16.9. The van der Waals surface area contributed by atoms with Crippen LogP contribution in [0.5, 0.6) is 0 Å². The fraction of sp³-hybridized carbons (Fsp3) is 0.204. The summed E-state index contributed by atoms with van der Waals surface area (Å²) in [7, 11) is -10.6. The average Bonchev–Trinajstić information content (AvgIpc) is 1.59. The van der Waals surface area contributed by atoms with E-state index in [1.807, 2.05) is 0 Å². The zero-order valence-electron chi connectivity index (χ0n) is 42.2. The minimum absolute atomic E-state index is 0.0240. The van der Waals surface area contributed by atoms with Crippen LogP contribution >= 0.6 is 11.8 Å². The summed E-state index contributed by atoms with van der Waals surface area (Å²) in [6.07, 6.45) is -0.0398. The number of carboxylic acid groups (broad SMARTS) is 3. The highest BCUT2D eigenvalue weighted by atomic mass is 32.2. The quantitative estimate of drug-likeness (QED) is 0.0190. The molecule has 3 atom stereocenters. The number of thioether (sulfide) groups is 1. The van der Waals surface area contributed by atoms with Crippen LogP contribution in [0.25, 0.3) is 44.6 Å². The summed E-state index contributed by atoms with van der Waals surface area (Å²) in [5.74, 6) is -10.2. The highest BCUT2D eigenvalue weighted by Gasteiger charge is 2.40. The molecule has 15 N–H and O–H groups in total. The molecule has 0 radical (unpaired) electrons. The van der Waals surface area contributed by atoms with Gasteiger partial charge >= 0.3 is 17.9 Å². The van der Waals surface area contributed by atoms with Gasteiger partial charge in [-0.05, 0) is 72.6 Å². The molecule has 1 saturated heterocycles. The molecule has 34 heteroatoms. The van der Waals surface area contributed by atoms with Gasteiger partial charge in [0.2, 0.25) is 23.7 Å². The first kappa shape index (κ1) is 59.2. The molecule has 3 aliphatic rings. The van der Waals surface area contributed by atoms with E-state index in [2.05, 4.69) is 41.2 Å². The maximum atomic E-state index is 13.4. The van der Waals surface area contributed by atoms with Gasteiger partial charge in [-0.2, -0.15) is 21.8 Å². The minimum atomic E-state index is -5.30. The number of aliphatic carboxylic acids is 2. The molecule has 3 aromatic carbocycles. The van der Waals surface area contributed by atoms with Crippen molar-refractivity contribution in [1.29, 1.82) is 5.41 Å². The number of aromatic nitrogens is 4. The molecule has 0 bridgehead atoms. The van der Waals surface area contributed by atoms with E-state index in [-0.39, 0.29) is 63.4 Å². The molecule has 0 saturated carbocycles. The number of hydrogen-bond donors (Lipinski definition) is 13. The maximum Gasteiger partial charge on any atom is 0.336 e. The number of fused-ring (bicyclic) bond motifs is 3. The van der Waals surface area contributed by atoms with Crippen molar-refractivity contribution in [3.8, 4) is 22.5 Å². The van der Waals surface area contributed by atoms with E-state index in [0.29, 0.717) is 11.4 Å². The van der Waals surface area contributed by atoms with Gasteiger partial charge in [0.15, 0.2) is 32.3 Å². The number of rotatable bonds is 22. The molecule has 31 nitrogen and oxygen atoms in total. The van der Waals surface area contributed by atoms with Gasteiger partial charge in [0.1, 0.15) is 12.1 Å². The second-order valence-electron chi connectivity index (χ2n) is 18.1. The van der Waals surface area contributed by atoms with Crippen molar-refractivity contribution in [3.05, 3.63) is 111 Å². The van der Waals surface area contributed by atoms with Crippen LogP contribution in [0.1, 0.15) is 56.0 Å². The number of carboxylic acids is 3. The summed E-state index contributed by atoms with van der Waals surface area (Å²) in [5, 5.41) is 46.1. The Morgan fingerprint density at radius 1 is 0.831 bits per heavy atom. The number of nitrogen functional groups attached to an aromatic ring is 2. The number of H-pyrrole nitrogens is 1. The number of aromatic carboxylic acids is 1. The number of anilines is 3. The highest BCUT2D eigenvalue weighted by Crippen LogP contribution is 2.46. The Balaban J connectivity index is 0.849. The van der Waals surface area contributed by atoms with Gasteiger partial charge in [-0.3, -0.25) is 53.2 Å². The summed E-state index contributed by atoms with van der Waals surface area (Å²) in [5.41, 5.74) is 8.68. The topological polar surface area (TPSA) is 518 Å². The van der Waals surface area contributed by atoms with Crippen molar-refractivity contribution in [2.75, 3.05) is 35.6 Å². The lowest BCUT2D eigenvalue weighted by Gasteiger charge is -2.20. The Hall–Kier alpha value is -9.90. The molecule has 83 heavy (non-hydrogen) atoms. The first-order valence-corrected chi connectivity index (χ1v) is 27.9. The molecule has 432 valence electrons. The van der Waals surface area contributed by atoms with Gasteiger partial charge in [-0.15, -0.1) is 11.8 Å². The summed E-state index contributed by atoms with van der Waals surface area (Å²) in [6.45, 7) is -0.681. The summed E-state index contributed by atoms with van der Waals surface area (Å²) in [6, 6.07) is 9.97. The normalized spacial score (nSPS) is 14.3. The molecule has 1 fully saturated rings. The number of nitrogens with one attached hydrogen (secondary N) is 6. The van der Waals surface area contributed by atoms with E-state index in [0.717, 1.165) is 53.1 Å². The number of amides is 5. The molecule has 4 heterocycles. The second-order valence-corrected chi connectivity index (χ2v) is 22.1. The van der Waals surface area contributed by atoms with Crippen LogP contribution in [0, 0.1) is 5.41 Å². The van der Waals surface area contributed by atoms with Crippen LogP contribution in [0.15, 0.2) is 91.9 Å². The fourth-order valence-electron chi connectivity index (χ4n) is 8.69. The van der Waals surface area contributed by atoms with Crippen LogP contribution in [0.4, 0.5) is 17.3 Å². The summed E-state index contributed by atoms with van der Waals surface area (Å²) in [4.78, 5) is 128. The molecular formula is C49H44N12O19S3. The van der Waals surface area contributed by atoms with Crippen molar-refractivity contribution in [2.24, 2.45) is 0 Å². The number of benzene rings is 4. The number of carbonyl (C=O) groups is 8. The molecule has 0 spiro atoms. The Bertz CT molecular complexity index is 4210. The van der Waals surface area contributed by atoms with Crippen LogP contribution in [0.3, 0.4) is 0 Å². The standard InChI is InChI=1S/C49H44N12O19S3/c50-28-9-7-25-35(26-8-10-29(51)40(83(77,78)79)38(26)80-37(25)39(28)82(74,75)76)24-6-3-21(15-27(24)46(68)69)42(64)53-13-14-61-34(63)16-32(45(61)67)81-19-31(48(72)73)57-33(62)12-11-30(47(70)71)58-43(65)20-1-4-22(5-2-20)54-17-23-18-55-41-36(56-23)44(66)60-49(52)59-41/h1-10,15,18,30-32,50,54H,11-14,16-17,19,51H2,(H,53,64)(H,57,62)(H,58,65)(H,68,69)(H,70,71)(H,72,73)(H,74,75,76)(H,77,78,79)(H3,52,55,59,60,66)/t30-,31-,32?/m0/s1. The number of nitrogens with zero attached hydrogens (tertiary/aromatic N) is 4. The Morgan fingerprint density at radius 2 is 1.51 bits per heavy atom. The number of aromatic amines is 1. The van der Waals surface area contributed by atoms with E-state index in [1.165, 1.54) is 36.5 Å². The lowest BCUT2D eigenvalue weighted by atomic mass is 9.89. The number of hydrogen-bond acceptors (Lipinski definition) is 22. The van der Waals surface area contributed by atoms with Gasteiger partial charge in [0.25, 0.3) is 37.6 Å². The van der Waals surface area contributed by atoms with E-state index >= 15 is 0 Å². The number of nitrogens with two attached hydrogens (primary N) is 2. The number of imide groups is 1. The smallest absolute Gasteiger partial charge is 0.336 e. The van der Waals surface area contributed by atoms with Gasteiger partial charge in [-0.25, -0.2) is 24.4 Å². The third-order valence-corrected chi connectivity index (χ3v) is 15.7. The zero-order chi connectivity index (χ0) is 60.4. The minimum Gasteiger partial charge on any atom is -0.480 e. The van der Waals surface area contributed by atoms with Crippen LogP contribution in [-0.2, 0) is 50.8 Å². The Morgan fingerprint density at radius 3 is 2.17 bits per heavy atom. The summed E-state index contributed by atoms with van der Waals surface area (Å²) < 4.78 is 76.0. The monoisotopic (exact) mass is 1200 g/mol. The first-order chi connectivity index (χ1) is 39.1. The fourth-order valence-corrected chi connectivity index (χ4v) is 11.4. The van der Waals surface area contributed by atoms with Gasteiger partial charge in [0, 0.05) is 65.0 Å². The van der Waals surface area contributed by atoms with Crippen LogP contribution in [-0.4, -0.2) is 150 Å². The van der Waals surface area contributed by atoms with E-state index < -0.39 is 160 Å². The molecule has 5 amide bonds. The molecule has 2 aliphatic heterocycles. The van der Waals surface area contributed by atoms with Crippen molar-refractivity contribution < 1.29 is 84.0 Å². The molecule has 5 aromatic rings. The third-order valence-electron chi connectivity index (χ3n) is 12.6. The second kappa shape index (κ2) is 23.7. The molecule has 8 rings (SSSR count). The van der Waals surface area contributed by atoms with E-state index in [1.54, 1.807) is 0 Å². The molecular weight excluding hydrogens is 1160 g/mol. The van der Waals surface area contributed by atoms with Crippen molar-refractivity contribution in [1.82, 2.24) is 40.8 Å². The lowest BCUT2D eigenvalue weighted by Crippen LogP contribution is -2.45. The van der Waals surface area contributed by atoms with Gasteiger partial charge < -0.3 is 52.5 Å². The molecule has 2 aromatic heterocycles. The van der Waals surface area contributed by atoms with E-state index in [9.17, 15) is 84.4 Å². The predicted molar refractivity (Wildman–Crippen MR) is 289 cm³/mol. The highest BCUT2D eigenvalue weighted by molar-refractivity contribution is 8.00. The predicted octanol–water partition coefficient (Wildman–Crippen LogP) is 0.502. The van der Waals surface area contributed by atoms with Gasteiger partial charge in [-0.1, -0.05) is 6.07 Å². The van der Waals surface area contributed by atoms with Crippen molar-refractivity contribution in [3.63, 3.8) is 0 Å². The van der Waals surface area contributed by atoms with Gasteiger partial charge in [0.05, 0.1) is 40.3 Å². The first-order valence-electron chi connectivity index (χ1n) is 24.0. The lowest BCUT2D eigenvalue weighted by molar-refractivity contribution is -0.142. The van der Waals surface area contributed by atoms with E-state index in [4.69, 9.17) is 21.3 Å². The molecule has 1 unspecified atom stereocenters. The van der Waals surface area contributed by atoms with Crippen molar-refractivity contribution >= 4 is 119 Å². The van der Waals surface area contributed by atoms with Crippen molar-refractivity contribution in [2.45, 2.75) is 52.9 Å². The Labute approximate surface area is 469 Å². The zero-order valence-corrected chi connectivity index (χ0v) is 44.7. The SMILES string of the molecule is N=c1ccc2c(-c3ccc(C(=O)NCCN4C(=O)CC(SC[C@H](NC(=O)CC[C@H](NC(=O)c5ccc(NCc6cnc7nc(N)[nH]c(=O)c7n6)cc5)C(=O)O)C(=O)O)C4=O)cc3C(=O)O)c3ccc(N)c(S(=O)(=O)O)c3oc-2c1S(=O)(=O)O. The number of likely N-dealkylation sites (tertiary alicyclic amines) is 1. The average molecular weight is 1200 g/mol. The third kappa shape index (κ3) is 13.0.